The zero-order chi connectivity index (χ0) is 9.68. The van der Waals surface area contributed by atoms with E-state index in [1.807, 2.05) is 0 Å². The molecule has 4 heteroatoms. The molecule has 4 nitrogen and oxygen atoms in total. The molecule has 0 unspecified atom stereocenters. The highest BCUT2D eigenvalue weighted by Gasteiger charge is 2.05. The summed E-state index contributed by atoms with van der Waals surface area (Å²) in [5.74, 6) is -0.347. The van der Waals surface area contributed by atoms with Gasteiger partial charge in [-0.2, -0.15) is 0 Å². The third kappa shape index (κ3) is 2.52. The summed E-state index contributed by atoms with van der Waals surface area (Å²) in [5, 5.41) is 0. The van der Waals surface area contributed by atoms with E-state index in [4.69, 9.17) is 5.73 Å². The van der Waals surface area contributed by atoms with Crippen LogP contribution in [-0.2, 0) is 11.2 Å². The Bertz CT molecular complexity index is 299. The maximum atomic E-state index is 11.1. The fourth-order valence-corrected chi connectivity index (χ4v) is 1.01. The van der Waals surface area contributed by atoms with Gasteiger partial charge >= 0.3 is 5.97 Å². The topological polar surface area (TPSA) is 65.2 Å². The van der Waals surface area contributed by atoms with Gasteiger partial charge in [0, 0.05) is 18.3 Å². The lowest BCUT2D eigenvalue weighted by Crippen LogP contribution is -2.07. The first-order chi connectivity index (χ1) is 6.27. The van der Waals surface area contributed by atoms with E-state index in [0.717, 1.165) is 5.69 Å². The number of nitrogens with two attached hydrogens (primary N) is 1. The number of esters is 1. The van der Waals surface area contributed by atoms with Gasteiger partial charge in [-0.1, -0.05) is 0 Å². The Hall–Kier alpha value is -1.42. The zero-order valence-corrected chi connectivity index (χ0v) is 7.49. The van der Waals surface area contributed by atoms with Crippen molar-refractivity contribution in [1.82, 2.24) is 4.98 Å². The van der Waals surface area contributed by atoms with Crippen LogP contribution in [0.5, 0.6) is 0 Å². The molecule has 1 aromatic rings. The molecule has 0 bridgehead atoms. The van der Waals surface area contributed by atoms with Crippen molar-refractivity contribution in [2.45, 2.75) is 6.42 Å². The second-order valence-electron chi connectivity index (χ2n) is 2.57. The summed E-state index contributed by atoms with van der Waals surface area (Å²) in [6, 6.07) is 3.31. The molecule has 0 aliphatic heterocycles. The van der Waals surface area contributed by atoms with Crippen LogP contribution in [0.2, 0.25) is 0 Å². The average molecular weight is 180 g/mol. The molecule has 0 saturated heterocycles. The van der Waals surface area contributed by atoms with Crippen molar-refractivity contribution in [2.24, 2.45) is 5.73 Å². The van der Waals surface area contributed by atoms with Gasteiger partial charge in [0.05, 0.1) is 12.7 Å². The number of rotatable bonds is 3. The number of nitrogens with zero attached hydrogens (tertiary/aromatic N) is 1. The SMILES string of the molecule is COC(=O)c1ccnc(CCN)c1. The van der Waals surface area contributed by atoms with Gasteiger partial charge in [0.1, 0.15) is 0 Å². The predicted octanol–water partition coefficient (Wildman–Crippen LogP) is 0.369. The van der Waals surface area contributed by atoms with Gasteiger partial charge in [-0.15, -0.1) is 0 Å². The summed E-state index contributed by atoms with van der Waals surface area (Å²) in [6.45, 7) is 0.525. The Labute approximate surface area is 76.7 Å². The molecule has 1 rings (SSSR count). The van der Waals surface area contributed by atoms with Gasteiger partial charge in [0.2, 0.25) is 0 Å². The first-order valence-corrected chi connectivity index (χ1v) is 4.01. The molecule has 0 spiro atoms. The number of methoxy groups -OCH3 is 1. The van der Waals surface area contributed by atoms with Crippen molar-refractivity contribution in [3.8, 4) is 0 Å². The van der Waals surface area contributed by atoms with Gasteiger partial charge < -0.3 is 10.5 Å². The average Bonchev–Trinajstić information content (AvgIpc) is 2.18. The Morgan fingerprint density at radius 3 is 3.08 bits per heavy atom. The van der Waals surface area contributed by atoms with Crippen molar-refractivity contribution in [3.63, 3.8) is 0 Å². The zero-order valence-electron chi connectivity index (χ0n) is 7.49. The van der Waals surface area contributed by atoms with Gasteiger partial charge in [-0.3, -0.25) is 4.98 Å². The normalized spacial score (nSPS) is 9.69. The quantitative estimate of drug-likeness (QED) is 0.682. The maximum Gasteiger partial charge on any atom is 0.337 e. The maximum absolute atomic E-state index is 11.1. The van der Waals surface area contributed by atoms with Crippen LogP contribution >= 0.6 is 0 Å². The summed E-state index contributed by atoms with van der Waals surface area (Å²) in [7, 11) is 1.35. The number of pyridine rings is 1. The Morgan fingerprint density at radius 1 is 1.69 bits per heavy atom. The van der Waals surface area contributed by atoms with E-state index in [-0.39, 0.29) is 5.97 Å². The van der Waals surface area contributed by atoms with Crippen molar-refractivity contribution in [3.05, 3.63) is 29.6 Å². The van der Waals surface area contributed by atoms with Gasteiger partial charge in [-0.25, -0.2) is 4.79 Å². The highest BCUT2D eigenvalue weighted by molar-refractivity contribution is 5.89. The first kappa shape index (κ1) is 9.67. The number of hydrogen-bond donors (Lipinski definition) is 1. The molecule has 0 amide bonds. The van der Waals surface area contributed by atoms with Crippen molar-refractivity contribution < 1.29 is 9.53 Å². The molecular weight excluding hydrogens is 168 g/mol. The van der Waals surface area contributed by atoms with Crippen LogP contribution in [0, 0.1) is 0 Å². The second-order valence-corrected chi connectivity index (χ2v) is 2.57. The summed E-state index contributed by atoms with van der Waals surface area (Å²) < 4.78 is 4.57. The molecule has 0 saturated carbocycles. The summed E-state index contributed by atoms with van der Waals surface area (Å²) in [5.41, 5.74) is 6.69. The van der Waals surface area contributed by atoms with Crippen molar-refractivity contribution >= 4 is 5.97 Å². The largest absolute Gasteiger partial charge is 0.465 e. The van der Waals surface area contributed by atoms with Crippen LogP contribution < -0.4 is 5.73 Å². The molecule has 0 aromatic carbocycles. The molecule has 2 N–H and O–H groups in total. The minimum atomic E-state index is -0.347. The van der Waals surface area contributed by atoms with E-state index in [9.17, 15) is 4.79 Å². The van der Waals surface area contributed by atoms with Crippen LogP contribution in [0.25, 0.3) is 0 Å². The third-order valence-corrected chi connectivity index (χ3v) is 1.64. The molecule has 0 aliphatic rings. The number of carbonyl (C=O) groups is 1. The van der Waals surface area contributed by atoms with Crippen molar-refractivity contribution in [2.75, 3.05) is 13.7 Å². The van der Waals surface area contributed by atoms with Crippen molar-refractivity contribution in [1.29, 1.82) is 0 Å². The Morgan fingerprint density at radius 2 is 2.46 bits per heavy atom. The summed E-state index contributed by atoms with van der Waals surface area (Å²) >= 11 is 0. The van der Waals surface area contributed by atoms with Gasteiger partial charge in [0.25, 0.3) is 0 Å². The molecule has 0 fully saturated rings. The molecule has 0 aliphatic carbocycles. The standard InChI is InChI=1S/C9H12N2O2/c1-13-9(12)7-3-5-11-8(6-7)2-4-10/h3,5-6H,2,4,10H2,1H3. The second kappa shape index (κ2) is 4.57. The Balaban J connectivity index is 2.85. The molecule has 0 radical (unpaired) electrons. The number of hydrogen-bond acceptors (Lipinski definition) is 4. The fourth-order valence-electron chi connectivity index (χ4n) is 1.01. The monoisotopic (exact) mass is 180 g/mol. The summed E-state index contributed by atoms with van der Waals surface area (Å²) in [4.78, 5) is 15.1. The van der Waals surface area contributed by atoms with E-state index in [0.29, 0.717) is 18.5 Å². The van der Waals surface area contributed by atoms with Crippen LogP contribution in [-0.4, -0.2) is 24.6 Å². The number of aromatic nitrogens is 1. The molecule has 13 heavy (non-hydrogen) atoms. The molecular formula is C9H12N2O2. The molecule has 1 aromatic heterocycles. The van der Waals surface area contributed by atoms with Gasteiger partial charge in [-0.05, 0) is 18.7 Å². The molecule has 0 atom stereocenters. The smallest absolute Gasteiger partial charge is 0.337 e. The predicted molar refractivity (Wildman–Crippen MR) is 48.3 cm³/mol. The number of carbonyl (C=O) groups excluding carboxylic acids is 1. The highest BCUT2D eigenvalue weighted by Crippen LogP contribution is 2.03. The lowest BCUT2D eigenvalue weighted by molar-refractivity contribution is 0.0600. The fraction of sp³-hybridized carbons (Fsp3) is 0.333. The summed E-state index contributed by atoms with van der Waals surface area (Å²) in [6.07, 6.45) is 2.25. The van der Waals surface area contributed by atoms with Gasteiger partial charge in [0.15, 0.2) is 0 Å². The van der Waals surface area contributed by atoms with E-state index in [2.05, 4.69) is 9.72 Å². The van der Waals surface area contributed by atoms with E-state index >= 15 is 0 Å². The lowest BCUT2D eigenvalue weighted by atomic mass is 10.2. The Kier molecular flexibility index (Phi) is 3.40. The minimum Gasteiger partial charge on any atom is -0.465 e. The van der Waals surface area contributed by atoms with E-state index in [1.54, 1.807) is 18.3 Å². The number of ether oxygens (including phenoxy) is 1. The van der Waals surface area contributed by atoms with Crippen LogP contribution in [0.4, 0.5) is 0 Å². The van der Waals surface area contributed by atoms with Crippen LogP contribution in [0.1, 0.15) is 16.1 Å². The third-order valence-electron chi connectivity index (χ3n) is 1.64. The van der Waals surface area contributed by atoms with Crippen LogP contribution in [0.3, 0.4) is 0 Å². The molecule has 1 heterocycles. The highest BCUT2D eigenvalue weighted by atomic mass is 16.5. The van der Waals surface area contributed by atoms with Crippen LogP contribution in [0.15, 0.2) is 18.3 Å². The lowest BCUT2D eigenvalue weighted by Gasteiger charge is -2.01. The minimum absolute atomic E-state index is 0.347. The first-order valence-electron chi connectivity index (χ1n) is 4.01. The van der Waals surface area contributed by atoms with E-state index in [1.165, 1.54) is 7.11 Å². The van der Waals surface area contributed by atoms with E-state index < -0.39 is 0 Å². The molecule has 70 valence electrons.